The number of carbonyl (C=O) groups excluding carboxylic acids is 1. The molecule has 0 aliphatic carbocycles. The van der Waals surface area contributed by atoms with Crippen LogP contribution in [0.25, 0.3) is 11.5 Å². The fraction of sp³-hybridized carbons (Fsp3) is 0.333. The van der Waals surface area contributed by atoms with Gasteiger partial charge in [0.05, 0.1) is 11.9 Å². The second-order valence-electron chi connectivity index (χ2n) is 6.51. The molecule has 0 unspecified atom stereocenters. The van der Waals surface area contributed by atoms with Crippen LogP contribution in [0, 0.1) is 6.92 Å². The van der Waals surface area contributed by atoms with Crippen LogP contribution in [0.1, 0.15) is 29.8 Å². The highest BCUT2D eigenvalue weighted by molar-refractivity contribution is 5.97. The molecule has 0 radical (unpaired) electrons. The first kappa shape index (κ1) is 18.9. The number of benzene rings is 1. The van der Waals surface area contributed by atoms with Crippen molar-refractivity contribution < 1.29 is 4.79 Å². The van der Waals surface area contributed by atoms with Gasteiger partial charge in [-0.25, -0.2) is 4.68 Å². The second-order valence-corrected chi connectivity index (χ2v) is 6.51. The van der Waals surface area contributed by atoms with Gasteiger partial charge in [-0.1, -0.05) is 26.0 Å². The van der Waals surface area contributed by atoms with Gasteiger partial charge in [-0.3, -0.25) is 4.79 Å². The van der Waals surface area contributed by atoms with Crippen LogP contribution in [0.5, 0.6) is 0 Å². The van der Waals surface area contributed by atoms with Gasteiger partial charge in [-0.2, -0.15) is 5.10 Å². The van der Waals surface area contributed by atoms with Gasteiger partial charge in [0.2, 0.25) is 0 Å². The first-order chi connectivity index (χ1) is 13.1. The standard InChI is InChI=1S/C21H27N5O/c1-4-24(5-2)14-11-22-20(27)19-16-23-26(18-10-8-9-17(3)15-18)21(19)25-12-6-7-13-25/h6-10,12-13,15-16H,4-5,11,14H2,1-3H3,(H,22,27). The molecule has 0 saturated heterocycles. The van der Waals surface area contributed by atoms with E-state index in [2.05, 4.69) is 35.2 Å². The Morgan fingerprint density at radius 1 is 1.15 bits per heavy atom. The van der Waals surface area contributed by atoms with E-state index in [4.69, 9.17) is 0 Å². The van der Waals surface area contributed by atoms with E-state index in [9.17, 15) is 4.79 Å². The van der Waals surface area contributed by atoms with Crippen LogP contribution in [0.3, 0.4) is 0 Å². The third-order valence-corrected chi connectivity index (χ3v) is 4.69. The van der Waals surface area contributed by atoms with Crippen molar-refractivity contribution in [3.05, 3.63) is 66.1 Å². The van der Waals surface area contributed by atoms with Gasteiger partial charge in [-0.15, -0.1) is 0 Å². The molecule has 0 atom stereocenters. The number of likely N-dealkylation sites (N-methyl/N-ethyl adjacent to an activating group) is 1. The molecule has 27 heavy (non-hydrogen) atoms. The summed E-state index contributed by atoms with van der Waals surface area (Å²) < 4.78 is 3.74. The van der Waals surface area contributed by atoms with E-state index in [1.807, 2.05) is 58.9 Å². The van der Waals surface area contributed by atoms with Crippen molar-refractivity contribution in [2.75, 3.05) is 26.2 Å². The van der Waals surface area contributed by atoms with Crippen molar-refractivity contribution >= 4 is 5.91 Å². The molecule has 0 saturated carbocycles. The summed E-state index contributed by atoms with van der Waals surface area (Å²) in [4.78, 5) is 15.1. The third kappa shape index (κ3) is 4.28. The molecule has 3 aromatic rings. The average Bonchev–Trinajstić information content (AvgIpc) is 3.34. The molecule has 6 heteroatoms. The first-order valence-corrected chi connectivity index (χ1v) is 9.43. The van der Waals surface area contributed by atoms with Crippen LogP contribution in [-0.4, -0.2) is 51.3 Å². The Kier molecular flexibility index (Phi) is 6.08. The highest BCUT2D eigenvalue weighted by atomic mass is 16.1. The van der Waals surface area contributed by atoms with Crippen LogP contribution < -0.4 is 5.32 Å². The lowest BCUT2D eigenvalue weighted by molar-refractivity contribution is 0.0949. The van der Waals surface area contributed by atoms with Crippen LogP contribution >= 0.6 is 0 Å². The summed E-state index contributed by atoms with van der Waals surface area (Å²) in [5, 5.41) is 7.53. The van der Waals surface area contributed by atoms with Crippen molar-refractivity contribution in [1.29, 1.82) is 0 Å². The van der Waals surface area contributed by atoms with E-state index < -0.39 is 0 Å². The molecule has 0 aliphatic rings. The Hall–Kier alpha value is -2.86. The number of aromatic nitrogens is 3. The summed E-state index contributed by atoms with van der Waals surface area (Å²) in [6.45, 7) is 9.70. The number of nitrogens with one attached hydrogen (secondary N) is 1. The van der Waals surface area contributed by atoms with Crippen molar-refractivity contribution in [3.8, 4) is 11.5 Å². The van der Waals surface area contributed by atoms with Gasteiger partial charge in [0.1, 0.15) is 5.56 Å². The van der Waals surface area contributed by atoms with Crippen molar-refractivity contribution in [1.82, 2.24) is 24.6 Å². The smallest absolute Gasteiger partial charge is 0.256 e. The molecule has 6 nitrogen and oxygen atoms in total. The van der Waals surface area contributed by atoms with Gasteiger partial charge in [0.25, 0.3) is 5.91 Å². The Bertz CT molecular complexity index is 878. The van der Waals surface area contributed by atoms with Crippen LogP contribution in [0.2, 0.25) is 0 Å². The quantitative estimate of drug-likeness (QED) is 0.668. The molecule has 0 fully saturated rings. The van der Waals surface area contributed by atoms with Gasteiger partial charge < -0.3 is 14.8 Å². The zero-order chi connectivity index (χ0) is 19.2. The number of hydrogen-bond donors (Lipinski definition) is 1. The van der Waals surface area contributed by atoms with Crippen molar-refractivity contribution in [3.63, 3.8) is 0 Å². The van der Waals surface area contributed by atoms with E-state index in [1.165, 1.54) is 0 Å². The molecule has 0 spiro atoms. The average molecular weight is 365 g/mol. The number of aryl methyl sites for hydroxylation is 1. The van der Waals surface area contributed by atoms with Crippen LogP contribution in [0.4, 0.5) is 0 Å². The number of rotatable bonds is 8. The topological polar surface area (TPSA) is 55.1 Å². The SMILES string of the molecule is CCN(CC)CCNC(=O)c1cnn(-c2cccc(C)c2)c1-n1cccc1. The van der Waals surface area contributed by atoms with Gasteiger partial charge in [-0.05, 0) is 49.8 Å². The summed E-state index contributed by atoms with van der Waals surface area (Å²) in [6, 6.07) is 12.0. The number of amides is 1. The number of nitrogens with zero attached hydrogens (tertiary/aromatic N) is 4. The third-order valence-electron chi connectivity index (χ3n) is 4.69. The van der Waals surface area contributed by atoms with Gasteiger partial charge in [0.15, 0.2) is 5.82 Å². The lowest BCUT2D eigenvalue weighted by atomic mass is 10.2. The number of hydrogen-bond acceptors (Lipinski definition) is 3. The van der Waals surface area contributed by atoms with Crippen LogP contribution in [0.15, 0.2) is 55.0 Å². The molecule has 2 aromatic heterocycles. The van der Waals surface area contributed by atoms with Crippen LogP contribution in [-0.2, 0) is 0 Å². The van der Waals surface area contributed by atoms with E-state index in [-0.39, 0.29) is 5.91 Å². The summed E-state index contributed by atoms with van der Waals surface area (Å²) in [5.41, 5.74) is 2.64. The Labute approximate surface area is 160 Å². The zero-order valence-corrected chi connectivity index (χ0v) is 16.2. The molecule has 1 aromatic carbocycles. The van der Waals surface area contributed by atoms with E-state index in [0.29, 0.717) is 12.1 Å². The Morgan fingerprint density at radius 2 is 1.89 bits per heavy atom. The molecule has 1 amide bonds. The molecular formula is C21H27N5O. The molecule has 2 heterocycles. The summed E-state index contributed by atoms with van der Waals surface area (Å²) >= 11 is 0. The molecule has 142 valence electrons. The largest absolute Gasteiger partial charge is 0.351 e. The maximum atomic E-state index is 12.8. The lowest BCUT2D eigenvalue weighted by Crippen LogP contribution is -2.35. The first-order valence-electron chi connectivity index (χ1n) is 9.43. The molecule has 0 bridgehead atoms. The monoisotopic (exact) mass is 365 g/mol. The van der Waals surface area contributed by atoms with E-state index in [1.54, 1.807) is 6.20 Å². The molecular weight excluding hydrogens is 338 g/mol. The predicted octanol–water partition coefficient (Wildman–Crippen LogP) is 3.04. The summed E-state index contributed by atoms with van der Waals surface area (Å²) in [6.07, 6.45) is 5.50. The normalized spacial score (nSPS) is 11.1. The Morgan fingerprint density at radius 3 is 2.56 bits per heavy atom. The minimum absolute atomic E-state index is 0.107. The van der Waals surface area contributed by atoms with Gasteiger partial charge >= 0.3 is 0 Å². The molecule has 3 rings (SSSR count). The fourth-order valence-electron chi connectivity index (χ4n) is 3.14. The lowest BCUT2D eigenvalue weighted by Gasteiger charge is -2.18. The predicted molar refractivity (Wildman–Crippen MR) is 108 cm³/mol. The minimum atomic E-state index is -0.107. The Balaban J connectivity index is 1.89. The highest BCUT2D eigenvalue weighted by Crippen LogP contribution is 2.20. The molecule has 1 N–H and O–H groups in total. The van der Waals surface area contributed by atoms with Gasteiger partial charge in [0, 0.05) is 25.5 Å². The maximum absolute atomic E-state index is 12.8. The molecule has 0 aliphatic heterocycles. The minimum Gasteiger partial charge on any atom is -0.351 e. The fourth-order valence-corrected chi connectivity index (χ4v) is 3.14. The number of carbonyl (C=O) groups is 1. The summed E-state index contributed by atoms with van der Waals surface area (Å²) in [5.74, 6) is 0.635. The summed E-state index contributed by atoms with van der Waals surface area (Å²) in [7, 11) is 0. The van der Waals surface area contributed by atoms with E-state index >= 15 is 0 Å². The zero-order valence-electron chi connectivity index (χ0n) is 16.2. The van der Waals surface area contributed by atoms with Crippen molar-refractivity contribution in [2.45, 2.75) is 20.8 Å². The van der Waals surface area contributed by atoms with Crippen molar-refractivity contribution in [2.24, 2.45) is 0 Å². The van der Waals surface area contributed by atoms with E-state index in [0.717, 1.165) is 36.7 Å². The second kappa shape index (κ2) is 8.68. The highest BCUT2D eigenvalue weighted by Gasteiger charge is 2.19. The maximum Gasteiger partial charge on any atom is 0.256 e.